The zero-order valence-corrected chi connectivity index (χ0v) is 18.9. The summed E-state index contributed by atoms with van der Waals surface area (Å²) in [5, 5.41) is 13.8. The van der Waals surface area contributed by atoms with E-state index in [1.165, 1.54) is 4.57 Å². The van der Waals surface area contributed by atoms with Gasteiger partial charge in [0, 0.05) is 25.2 Å². The second-order valence-electron chi connectivity index (χ2n) is 9.47. The summed E-state index contributed by atoms with van der Waals surface area (Å²) in [6.07, 6.45) is 1.42. The fourth-order valence-electron chi connectivity index (χ4n) is 5.58. The number of aliphatic hydroxyl groups is 1. The van der Waals surface area contributed by atoms with Gasteiger partial charge in [0.15, 0.2) is 11.1 Å². The van der Waals surface area contributed by atoms with Crippen LogP contribution < -0.4 is 11.1 Å². The van der Waals surface area contributed by atoms with Crippen LogP contribution in [0.1, 0.15) is 39.3 Å². The Morgan fingerprint density at radius 1 is 1.24 bits per heavy atom. The number of aromatic amines is 2. The van der Waals surface area contributed by atoms with Crippen LogP contribution in [0.3, 0.4) is 0 Å². The third-order valence-electron chi connectivity index (χ3n) is 7.22. The molecule has 2 aliphatic carbocycles. The van der Waals surface area contributed by atoms with E-state index in [9.17, 15) is 13.9 Å². The molecule has 2 fully saturated rings. The van der Waals surface area contributed by atoms with E-state index in [1.54, 1.807) is 36.7 Å². The van der Waals surface area contributed by atoms with Gasteiger partial charge in [0.2, 0.25) is 5.62 Å². The molecular formula is C23H26F2N8O. The van der Waals surface area contributed by atoms with Gasteiger partial charge in [-0.3, -0.25) is 14.6 Å². The molecule has 0 unspecified atom stereocenters. The lowest BCUT2D eigenvalue weighted by atomic mass is 9.93. The van der Waals surface area contributed by atoms with Crippen molar-refractivity contribution in [1.82, 2.24) is 29.1 Å². The molecular weight excluding hydrogens is 442 g/mol. The first-order valence-electron chi connectivity index (χ1n) is 11.9. The number of H-pyrrole nitrogens is 2. The summed E-state index contributed by atoms with van der Waals surface area (Å²) in [5.74, 6) is 0.468. The fourth-order valence-corrected chi connectivity index (χ4v) is 5.58. The molecule has 9 nitrogen and oxygen atoms in total. The van der Waals surface area contributed by atoms with Crippen molar-refractivity contribution in [2.24, 2.45) is 9.98 Å². The zero-order chi connectivity index (χ0) is 24.5. The van der Waals surface area contributed by atoms with Crippen LogP contribution in [0.25, 0.3) is 27.9 Å². The van der Waals surface area contributed by atoms with Gasteiger partial charge in [-0.25, -0.2) is 23.7 Å². The Labute approximate surface area is 194 Å². The maximum absolute atomic E-state index is 13.2. The lowest BCUT2D eigenvalue weighted by molar-refractivity contribution is 0.0521. The number of alkyl halides is 2. The van der Waals surface area contributed by atoms with Gasteiger partial charge in [0.1, 0.15) is 16.9 Å². The Kier molecular flexibility index (Phi) is 4.33. The molecule has 6 rings (SSSR count). The quantitative estimate of drug-likeness (QED) is 0.427. The van der Waals surface area contributed by atoms with Gasteiger partial charge < -0.3 is 14.7 Å². The van der Waals surface area contributed by atoms with Crippen LogP contribution in [0.5, 0.6) is 0 Å². The average Bonchev–Trinajstić information content (AvgIpc) is 3.52. The monoisotopic (exact) mass is 469 g/mol. The highest BCUT2D eigenvalue weighted by Crippen LogP contribution is 2.52. The van der Waals surface area contributed by atoms with E-state index in [4.69, 9.17) is 6.36 Å². The third-order valence-corrected chi connectivity index (χ3v) is 7.22. The Hall–Kier alpha value is -3.34. The predicted octanol–water partition coefficient (Wildman–Crippen LogP) is 2.46. The Bertz CT molecular complexity index is 1600. The lowest BCUT2D eigenvalue weighted by Gasteiger charge is -2.21. The number of imidazole rings is 1. The first kappa shape index (κ1) is 20.1. The van der Waals surface area contributed by atoms with Crippen molar-refractivity contribution >= 4 is 16.7 Å². The molecule has 0 radical (unpaired) electrons. The number of halogens is 2. The number of hydrogen-bond donors (Lipinski definition) is 3. The Morgan fingerprint density at radius 3 is 2.71 bits per heavy atom. The van der Waals surface area contributed by atoms with Crippen molar-refractivity contribution in [3.63, 3.8) is 0 Å². The standard InChI is InChI=1S/C23H26F2N8O/c1-13-27-16-4-3-15(28-20(16)32(13)11-17(24)25)14-5-10-33-18(14)19(26-2)29-21(31-33)30-22-6-8-23(34,12-22)9-7-22/h3-5,10,17,34H,6-9,11-12H2,1-2H3,(H2,26,29,30,31)/i10D. The summed E-state index contributed by atoms with van der Waals surface area (Å²) < 4.78 is 37.9. The van der Waals surface area contributed by atoms with Crippen molar-refractivity contribution in [1.29, 1.82) is 0 Å². The van der Waals surface area contributed by atoms with Crippen LogP contribution in [0.4, 0.5) is 8.78 Å². The number of rotatable bonds is 4. The molecule has 2 aliphatic rings. The largest absolute Gasteiger partial charge is 0.390 e. The highest BCUT2D eigenvalue weighted by atomic mass is 19.3. The van der Waals surface area contributed by atoms with Gasteiger partial charge >= 0.3 is 0 Å². The van der Waals surface area contributed by atoms with E-state index in [0.29, 0.717) is 51.3 Å². The minimum atomic E-state index is -2.53. The van der Waals surface area contributed by atoms with Gasteiger partial charge in [-0.1, -0.05) is 0 Å². The molecule has 0 spiro atoms. The van der Waals surface area contributed by atoms with Crippen LogP contribution in [0, 0.1) is 6.92 Å². The van der Waals surface area contributed by atoms with Crippen LogP contribution in [0.2, 0.25) is 0 Å². The molecule has 11 heteroatoms. The predicted molar refractivity (Wildman–Crippen MR) is 121 cm³/mol. The van der Waals surface area contributed by atoms with E-state index >= 15 is 0 Å². The van der Waals surface area contributed by atoms with E-state index in [1.807, 2.05) is 0 Å². The topological polar surface area (TPSA) is 112 Å². The van der Waals surface area contributed by atoms with Crippen LogP contribution >= 0.6 is 0 Å². The molecule has 0 aliphatic heterocycles. The Balaban J connectivity index is 1.52. The second kappa shape index (κ2) is 7.33. The minimum Gasteiger partial charge on any atom is -0.390 e. The summed E-state index contributed by atoms with van der Waals surface area (Å²) in [6.45, 7) is 1.19. The molecule has 34 heavy (non-hydrogen) atoms. The number of aromatic nitrogens is 6. The molecule has 0 saturated heterocycles. The minimum absolute atomic E-state index is 0.177. The van der Waals surface area contributed by atoms with Crippen molar-refractivity contribution in [2.75, 3.05) is 7.05 Å². The number of pyridine rings is 1. The van der Waals surface area contributed by atoms with Crippen molar-refractivity contribution in [2.45, 2.75) is 63.1 Å². The number of fused-ring (bicyclic) bond motifs is 4. The summed E-state index contributed by atoms with van der Waals surface area (Å²) in [6, 6.07) is 5.18. The molecule has 3 N–H and O–H groups in total. The van der Waals surface area contributed by atoms with Crippen molar-refractivity contribution < 1.29 is 15.3 Å². The Morgan fingerprint density at radius 2 is 2.03 bits per heavy atom. The normalized spacial score (nSPS) is 26.0. The van der Waals surface area contributed by atoms with Gasteiger partial charge in [-0.05, 0) is 50.8 Å². The summed E-state index contributed by atoms with van der Waals surface area (Å²) >= 11 is 0. The van der Waals surface area contributed by atoms with Gasteiger partial charge in [-0.2, -0.15) is 0 Å². The lowest BCUT2D eigenvalue weighted by Crippen LogP contribution is -2.32. The van der Waals surface area contributed by atoms with E-state index < -0.39 is 18.6 Å². The number of nitrogens with zero attached hydrogens (tertiary/aromatic N) is 6. The van der Waals surface area contributed by atoms with Crippen LogP contribution in [0.15, 0.2) is 34.4 Å². The van der Waals surface area contributed by atoms with Gasteiger partial charge in [-0.15, -0.1) is 0 Å². The van der Waals surface area contributed by atoms with Gasteiger partial charge in [0.25, 0.3) is 6.43 Å². The first-order chi connectivity index (χ1) is 16.7. The van der Waals surface area contributed by atoms with Crippen LogP contribution in [-0.2, 0) is 6.54 Å². The van der Waals surface area contributed by atoms with E-state index in [2.05, 4.69) is 25.0 Å². The van der Waals surface area contributed by atoms with E-state index in [-0.39, 0.29) is 11.7 Å². The summed E-state index contributed by atoms with van der Waals surface area (Å²) in [4.78, 5) is 21.6. The number of hydrogen-bond acceptors (Lipinski definition) is 5. The third kappa shape index (κ3) is 3.29. The molecule has 2 saturated carbocycles. The highest BCUT2D eigenvalue weighted by molar-refractivity contribution is 5.82. The fraction of sp³-hybridized carbons (Fsp3) is 0.478. The molecule has 2 bridgehead atoms. The average molecular weight is 470 g/mol. The number of aryl methyl sites for hydroxylation is 1. The van der Waals surface area contributed by atoms with Crippen molar-refractivity contribution in [3.05, 3.63) is 41.3 Å². The summed E-state index contributed by atoms with van der Waals surface area (Å²) in [5.41, 5.74) is 2.73. The van der Waals surface area contributed by atoms with Gasteiger partial charge in [0.05, 0.1) is 24.7 Å². The number of nitrogens with one attached hydrogen (secondary N) is 2. The first-order valence-corrected chi connectivity index (χ1v) is 11.4. The molecule has 4 aromatic rings. The summed E-state index contributed by atoms with van der Waals surface area (Å²) in [7, 11) is 1.65. The molecule has 4 aromatic heterocycles. The highest BCUT2D eigenvalue weighted by Gasteiger charge is 2.53. The maximum atomic E-state index is 13.2. The van der Waals surface area contributed by atoms with Crippen molar-refractivity contribution in [3.8, 4) is 11.3 Å². The molecule has 0 amide bonds. The smallest absolute Gasteiger partial charge is 0.256 e. The van der Waals surface area contributed by atoms with Crippen LogP contribution in [-0.4, -0.2) is 58.9 Å². The molecule has 0 aromatic carbocycles. The molecule has 178 valence electrons. The SMILES string of the molecule is [2H]c1cc(-c2ccc3nc(C)n(CC(F)F)c3n2)c2c(=NC)[nH]c(=NC34CCC(O)(CC3)C4)[nH]n12. The zero-order valence-electron chi connectivity index (χ0n) is 19.9. The molecule has 4 heterocycles. The maximum Gasteiger partial charge on any atom is 0.256 e. The molecule has 0 atom stereocenters. The second-order valence-corrected chi connectivity index (χ2v) is 9.47. The van der Waals surface area contributed by atoms with E-state index in [0.717, 1.165) is 25.7 Å².